The maximum absolute atomic E-state index is 12.5. The molecule has 110 valence electrons. The van der Waals surface area contributed by atoms with Crippen molar-refractivity contribution >= 4 is 5.91 Å². The Balaban J connectivity index is 1.77. The van der Waals surface area contributed by atoms with Crippen LogP contribution in [0.5, 0.6) is 0 Å². The first-order valence-corrected chi connectivity index (χ1v) is 6.83. The molecule has 0 unspecified atom stereocenters. The van der Waals surface area contributed by atoms with Gasteiger partial charge >= 0.3 is 0 Å². The van der Waals surface area contributed by atoms with E-state index in [0.717, 1.165) is 5.69 Å². The quantitative estimate of drug-likeness (QED) is 0.814. The lowest BCUT2D eigenvalue weighted by molar-refractivity contribution is -0.0253. The standard InChI is InChI=1S/C14H17N5O2/c1-10-15-4-3-11(17-10)12-9-19(7-8-21-12)14(20)13-16-5-6-18(13)2/h3-6,12H,7-9H2,1-2H3/t12-/m0/s1. The summed E-state index contributed by atoms with van der Waals surface area (Å²) in [6, 6.07) is 1.83. The van der Waals surface area contributed by atoms with Gasteiger partial charge in [-0.25, -0.2) is 15.0 Å². The van der Waals surface area contributed by atoms with E-state index in [1.807, 2.05) is 20.0 Å². The molecule has 1 fully saturated rings. The molecule has 1 aliphatic heterocycles. The van der Waals surface area contributed by atoms with Crippen molar-refractivity contribution in [2.24, 2.45) is 7.05 Å². The van der Waals surface area contributed by atoms with Crippen molar-refractivity contribution < 1.29 is 9.53 Å². The van der Waals surface area contributed by atoms with Gasteiger partial charge in [0.05, 0.1) is 18.8 Å². The van der Waals surface area contributed by atoms with E-state index in [-0.39, 0.29) is 12.0 Å². The largest absolute Gasteiger partial charge is 0.368 e. The molecule has 0 radical (unpaired) electrons. The number of amides is 1. The van der Waals surface area contributed by atoms with Gasteiger partial charge in [0.15, 0.2) is 5.82 Å². The Labute approximate surface area is 122 Å². The molecule has 0 aromatic carbocycles. The fourth-order valence-electron chi connectivity index (χ4n) is 2.38. The molecule has 1 atom stereocenters. The molecule has 0 aliphatic carbocycles. The average molecular weight is 287 g/mol. The number of morpholine rings is 1. The number of hydrogen-bond acceptors (Lipinski definition) is 5. The van der Waals surface area contributed by atoms with E-state index >= 15 is 0 Å². The van der Waals surface area contributed by atoms with Crippen LogP contribution in [-0.4, -0.2) is 50.0 Å². The zero-order valence-corrected chi connectivity index (χ0v) is 12.1. The average Bonchev–Trinajstić information content (AvgIpc) is 2.93. The highest BCUT2D eigenvalue weighted by atomic mass is 16.5. The summed E-state index contributed by atoms with van der Waals surface area (Å²) < 4.78 is 7.46. The van der Waals surface area contributed by atoms with E-state index in [0.29, 0.717) is 31.3 Å². The lowest BCUT2D eigenvalue weighted by Gasteiger charge is -2.32. The minimum absolute atomic E-state index is 0.0819. The fourth-order valence-corrected chi connectivity index (χ4v) is 2.38. The second kappa shape index (κ2) is 5.61. The van der Waals surface area contributed by atoms with Gasteiger partial charge in [-0.15, -0.1) is 0 Å². The normalized spacial score (nSPS) is 18.8. The Kier molecular flexibility index (Phi) is 3.66. The van der Waals surface area contributed by atoms with Crippen molar-refractivity contribution in [3.8, 4) is 0 Å². The van der Waals surface area contributed by atoms with Crippen LogP contribution in [-0.2, 0) is 11.8 Å². The van der Waals surface area contributed by atoms with E-state index in [1.165, 1.54) is 0 Å². The van der Waals surface area contributed by atoms with Gasteiger partial charge in [-0.3, -0.25) is 4.79 Å². The molecule has 1 saturated heterocycles. The van der Waals surface area contributed by atoms with Crippen LogP contribution in [0.1, 0.15) is 28.2 Å². The first-order valence-electron chi connectivity index (χ1n) is 6.83. The van der Waals surface area contributed by atoms with Crippen molar-refractivity contribution in [3.05, 3.63) is 42.0 Å². The molecule has 7 nitrogen and oxygen atoms in total. The molecule has 3 rings (SSSR count). The van der Waals surface area contributed by atoms with Crippen LogP contribution in [0.4, 0.5) is 0 Å². The van der Waals surface area contributed by atoms with Crippen LogP contribution in [0.25, 0.3) is 0 Å². The number of aryl methyl sites for hydroxylation is 2. The Morgan fingerprint density at radius 3 is 2.95 bits per heavy atom. The van der Waals surface area contributed by atoms with Crippen molar-refractivity contribution in [2.75, 3.05) is 19.7 Å². The number of ether oxygens (including phenoxy) is 1. The minimum atomic E-state index is -0.218. The van der Waals surface area contributed by atoms with E-state index in [1.54, 1.807) is 28.1 Å². The number of nitrogens with zero attached hydrogens (tertiary/aromatic N) is 5. The van der Waals surface area contributed by atoms with Gasteiger partial charge in [0.2, 0.25) is 0 Å². The molecule has 21 heavy (non-hydrogen) atoms. The maximum atomic E-state index is 12.5. The first-order chi connectivity index (χ1) is 10.1. The predicted molar refractivity (Wildman–Crippen MR) is 74.6 cm³/mol. The summed E-state index contributed by atoms with van der Waals surface area (Å²) in [5.74, 6) is 1.06. The van der Waals surface area contributed by atoms with Crippen LogP contribution in [0.3, 0.4) is 0 Å². The summed E-state index contributed by atoms with van der Waals surface area (Å²) in [7, 11) is 1.81. The Bertz CT molecular complexity index is 654. The summed E-state index contributed by atoms with van der Waals surface area (Å²) in [4.78, 5) is 26.8. The molecule has 0 N–H and O–H groups in total. The number of carbonyl (C=O) groups is 1. The molecular weight excluding hydrogens is 270 g/mol. The molecule has 7 heteroatoms. The van der Waals surface area contributed by atoms with Crippen molar-refractivity contribution in [1.82, 2.24) is 24.4 Å². The highest BCUT2D eigenvalue weighted by Crippen LogP contribution is 2.21. The molecule has 2 aromatic heterocycles. The van der Waals surface area contributed by atoms with Crippen LogP contribution < -0.4 is 0 Å². The summed E-state index contributed by atoms with van der Waals surface area (Å²) >= 11 is 0. The van der Waals surface area contributed by atoms with Crippen molar-refractivity contribution in [1.29, 1.82) is 0 Å². The molecule has 0 saturated carbocycles. The molecule has 3 heterocycles. The van der Waals surface area contributed by atoms with Crippen molar-refractivity contribution in [3.63, 3.8) is 0 Å². The van der Waals surface area contributed by atoms with Crippen LogP contribution in [0, 0.1) is 6.92 Å². The maximum Gasteiger partial charge on any atom is 0.290 e. The third kappa shape index (κ3) is 2.78. The fraction of sp³-hybridized carbons (Fsp3) is 0.429. The van der Waals surface area contributed by atoms with E-state index in [9.17, 15) is 4.79 Å². The topological polar surface area (TPSA) is 73.1 Å². The third-order valence-electron chi connectivity index (χ3n) is 3.49. The second-order valence-corrected chi connectivity index (χ2v) is 5.00. The molecule has 1 amide bonds. The Hall–Kier alpha value is -2.28. The minimum Gasteiger partial charge on any atom is -0.368 e. The van der Waals surface area contributed by atoms with Gasteiger partial charge in [-0.1, -0.05) is 0 Å². The second-order valence-electron chi connectivity index (χ2n) is 5.00. The lowest BCUT2D eigenvalue weighted by Crippen LogP contribution is -2.43. The summed E-state index contributed by atoms with van der Waals surface area (Å²) in [6.45, 7) is 3.36. The number of hydrogen-bond donors (Lipinski definition) is 0. The van der Waals surface area contributed by atoms with Gasteiger partial charge in [0.1, 0.15) is 11.9 Å². The third-order valence-corrected chi connectivity index (χ3v) is 3.49. The number of imidazole rings is 1. The van der Waals surface area contributed by atoms with E-state index < -0.39 is 0 Å². The van der Waals surface area contributed by atoms with E-state index in [2.05, 4.69) is 15.0 Å². The van der Waals surface area contributed by atoms with Crippen LogP contribution in [0.2, 0.25) is 0 Å². The predicted octanol–water partition coefficient (Wildman–Crippen LogP) is 0.732. The zero-order chi connectivity index (χ0) is 14.8. The molecule has 2 aromatic rings. The smallest absolute Gasteiger partial charge is 0.290 e. The van der Waals surface area contributed by atoms with Gasteiger partial charge in [0.25, 0.3) is 5.91 Å². The molecule has 0 spiro atoms. The van der Waals surface area contributed by atoms with Gasteiger partial charge in [0, 0.05) is 32.2 Å². The summed E-state index contributed by atoms with van der Waals surface area (Å²) in [5.41, 5.74) is 0.805. The number of aromatic nitrogens is 4. The van der Waals surface area contributed by atoms with E-state index in [4.69, 9.17) is 4.74 Å². The lowest BCUT2D eigenvalue weighted by atomic mass is 10.2. The SMILES string of the molecule is Cc1nccc([C@@H]2CN(C(=O)c3nccn3C)CCO2)n1. The van der Waals surface area contributed by atoms with Gasteiger partial charge in [-0.05, 0) is 13.0 Å². The summed E-state index contributed by atoms with van der Waals surface area (Å²) in [6.07, 6.45) is 4.88. The zero-order valence-electron chi connectivity index (χ0n) is 12.1. The van der Waals surface area contributed by atoms with Crippen molar-refractivity contribution in [2.45, 2.75) is 13.0 Å². The van der Waals surface area contributed by atoms with Crippen LogP contribution >= 0.6 is 0 Å². The number of carbonyl (C=O) groups excluding carboxylic acids is 1. The Morgan fingerprint density at radius 1 is 1.38 bits per heavy atom. The highest BCUT2D eigenvalue weighted by Gasteiger charge is 2.28. The molecular formula is C14H17N5O2. The number of rotatable bonds is 2. The molecule has 1 aliphatic rings. The van der Waals surface area contributed by atoms with Gasteiger partial charge < -0.3 is 14.2 Å². The monoisotopic (exact) mass is 287 g/mol. The molecule has 0 bridgehead atoms. The first kappa shape index (κ1) is 13.7. The highest BCUT2D eigenvalue weighted by molar-refractivity contribution is 5.90. The van der Waals surface area contributed by atoms with Crippen LogP contribution in [0.15, 0.2) is 24.7 Å². The Morgan fingerprint density at radius 2 is 2.24 bits per heavy atom. The summed E-state index contributed by atoms with van der Waals surface area (Å²) in [5, 5.41) is 0. The van der Waals surface area contributed by atoms with Gasteiger partial charge in [-0.2, -0.15) is 0 Å².